The molecule has 0 bridgehead atoms. The number of benzene rings is 1. The lowest BCUT2D eigenvalue weighted by molar-refractivity contribution is 0.479. The summed E-state index contributed by atoms with van der Waals surface area (Å²) in [5.74, 6) is -0.171. The maximum atomic E-state index is 12.9. The van der Waals surface area contributed by atoms with Gasteiger partial charge < -0.3 is 5.11 Å². The minimum absolute atomic E-state index is 0.0237. The number of aromatic hydroxyl groups is 1. The number of pyridine rings is 1. The molecule has 6 heteroatoms. The Hall–Kier alpha value is -1.33. The summed E-state index contributed by atoms with van der Waals surface area (Å²) in [6.45, 7) is 0. The van der Waals surface area contributed by atoms with E-state index >= 15 is 0 Å². The monoisotopic (exact) mass is 325 g/mol. The Morgan fingerprint density at radius 2 is 1.95 bits per heavy atom. The van der Waals surface area contributed by atoms with E-state index in [-0.39, 0.29) is 26.4 Å². The molecule has 0 unspecified atom stereocenters. The summed E-state index contributed by atoms with van der Waals surface area (Å²) in [5, 5.41) is 10.1. The van der Waals surface area contributed by atoms with Gasteiger partial charge in [0, 0.05) is 11.6 Å². The SMILES string of the molecule is O=S(=O)(c1cc(Cl)c(O)c2ncccc12)C1CCCCC1. The molecule has 4 nitrogen and oxygen atoms in total. The summed E-state index contributed by atoms with van der Waals surface area (Å²) in [4.78, 5) is 4.24. The molecule has 0 amide bonds. The van der Waals surface area contributed by atoms with Crippen molar-refractivity contribution in [3.05, 3.63) is 29.4 Å². The van der Waals surface area contributed by atoms with E-state index in [0.717, 1.165) is 19.3 Å². The molecule has 1 fully saturated rings. The summed E-state index contributed by atoms with van der Waals surface area (Å²) in [7, 11) is -3.46. The zero-order valence-corrected chi connectivity index (χ0v) is 13.0. The predicted molar refractivity (Wildman–Crippen MR) is 82.5 cm³/mol. The third-order valence-electron chi connectivity index (χ3n) is 4.08. The Labute approximate surface area is 128 Å². The maximum Gasteiger partial charge on any atom is 0.181 e. The number of phenols is 1. The van der Waals surface area contributed by atoms with E-state index in [1.807, 2.05) is 0 Å². The molecule has 0 aliphatic heterocycles. The van der Waals surface area contributed by atoms with Crippen molar-refractivity contribution in [3.63, 3.8) is 0 Å². The van der Waals surface area contributed by atoms with E-state index in [0.29, 0.717) is 18.2 Å². The van der Waals surface area contributed by atoms with Crippen LogP contribution in [0.2, 0.25) is 5.02 Å². The van der Waals surface area contributed by atoms with Crippen molar-refractivity contribution in [1.82, 2.24) is 4.98 Å². The summed E-state index contributed by atoms with van der Waals surface area (Å²) >= 11 is 5.98. The number of fused-ring (bicyclic) bond motifs is 1. The molecule has 0 radical (unpaired) electrons. The van der Waals surface area contributed by atoms with Gasteiger partial charge in [-0.05, 0) is 31.0 Å². The van der Waals surface area contributed by atoms with Crippen LogP contribution in [0, 0.1) is 0 Å². The van der Waals surface area contributed by atoms with E-state index in [1.165, 1.54) is 12.3 Å². The number of nitrogens with zero attached hydrogens (tertiary/aromatic N) is 1. The molecular formula is C15H16ClNO3S. The molecule has 0 atom stereocenters. The lowest BCUT2D eigenvalue weighted by Gasteiger charge is -2.22. The number of sulfone groups is 1. The van der Waals surface area contributed by atoms with Crippen LogP contribution in [0.15, 0.2) is 29.3 Å². The van der Waals surface area contributed by atoms with Crippen LogP contribution in [0.5, 0.6) is 5.75 Å². The van der Waals surface area contributed by atoms with Gasteiger partial charge in [-0.15, -0.1) is 0 Å². The van der Waals surface area contributed by atoms with Gasteiger partial charge in [-0.25, -0.2) is 8.42 Å². The summed E-state index contributed by atoms with van der Waals surface area (Å²) in [5.41, 5.74) is 0.236. The molecule has 1 heterocycles. The molecule has 1 N–H and O–H groups in total. The second-order valence-corrected chi connectivity index (χ2v) is 8.01. The Kier molecular flexibility index (Phi) is 3.80. The minimum atomic E-state index is -3.46. The van der Waals surface area contributed by atoms with Crippen LogP contribution < -0.4 is 0 Å². The lowest BCUT2D eigenvalue weighted by Crippen LogP contribution is -2.24. The zero-order chi connectivity index (χ0) is 15.0. The highest BCUT2D eigenvalue weighted by Crippen LogP contribution is 2.38. The first-order valence-corrected chi connectivity index (χ1v) is 8.94. The number of phenolic OH excluding ortho intramolecular Hbond substituents is 1. The largest absolute Gasteiger partial charge is 0.504 e. The summed E-state index contributed by atoms with van der Waals surface area (Å²) < 4.78 is 25.8. The number of aromatic nitrogens is 1. The highest BCUT2D eigenvalue weighted by atomic mass is 35.5. The highest BCUT2D eigenvalue weighted by molar-refractivity contribution is 7.92. The average molecular weight is 326 g/mol. The normalized spacial score (nSPS) is 17.2. The van der Waals surface area contributed by atoms with Crippen LogP contribution in [-0.4, -0.2) is 23.8 Å². The fourth-order valence-corrected chi connectivity index (χ4v) is 5.29. The molecule has 3 rings (SSSR count). The zero-order valence-electron chi connectivity index (χ0n) is 11.4. The molecule has 0 saturated heterocycles. The van der Waals surface area contributed by atoms with Gasteiger partial charge >= 0.3 is 0 Å². The molecule has 112 valence electrons. The van der Waals surface area contributed by atoms with Crippen molar-refractivity contribution < 1.29 is 13.5 Å². The molecular weight excluding hydrogens is 310 g/mol. The van der Waals surface area contributed by atoms with Crippen LogP contribution in [0.25, 0.3) is 10.9 Å². The van der Waals surface area contributed by atoms with Gasteiger partial charge in [0.15, 0.2) is 15.6 Å². The number of hydrogen-bond acceptors (Lipinski definition) is 4. The van der Waals surface area contributed by atoms with Gasteiger partial charge in [0.2, 0.25) is 0 Å². The van der Waals surface area contributed by atoms with Crippen LogP contribution in [0.4, 0.5) is 0 Å². The van der Waals surface area contributed by atoms with Crippen LogP contribution in [0.3, 0.4) is 0 Å². The smallest absolute Gasteiger partial charge is 0.181 e. The van der Waals surface area contributed by atoms with E-state index in [9.17, 15) is 13.5 Å². The van der Waals surface area contributed by atoms with Crippen molar-refractivity contribution in [2.24, 2.45) is 0 Å². The van der Waals surface area contributed by atoms with Gasteiger partial charge in [0.25, 0.3) is 0 Å². The average Bonchev–Trinajstić information content (AvgIpc) is 2.51. The van der Waals surface area contributed by atoms with Gasteiger partial charge in [-0.2, -0.15) is 0 Å². The van der Waals surface area contributed by atoms with Crippen molar-refractivity contribution in [3.8, 4) is 5.75 Å². The standard InChI is InChI=1S/C15H16ClNO3S/c16-12-9-13(11-7-4-8-17-14(11)15(12)18)21(19,20)10-5-2-1-3-6-10/h4,7-10,18H,1-3,5-6H2. The summed E-state index contributed by atoms with van der Waals surface area (Å²) in [6.07, 6.45) is 5.84. The van der Waals surface area contributed by atoms with Crippen molar-refractivity contribution in [2.75, 3.05) is 0 Å². The van der Waals surface area contributed by atoms with E-state index < -0.39 is 9.84 Å². The molecule has 1 aromatic heterocycles. The Morgan fingerprint density at radius 1 is 1.24 bits per heavy atom. The molecule has 21 heavy (non-hydrogen) atoms. The van der Waals surface area contributed by atoms with Crippen molar-refractivity contribution >= 4 is 32.3 Å². The Morgan fingerprint density at radius 3 is 2.67 bits per heavy atom. The second-order valence-electron chi connectivity index (χ2n) is 5.41. The summed E-state index contributed by atoms with van der Waals surface area (Å²) in [6, 6.07) is 4.68. The van der Waals surface area contributed by atoms with Gasteiger partial charge in [0.05, 0.1) is 15.2 Å². The first-order valence-electron chi connectivity index (χ1n) is 7.02. The third-order valence-corrected chi connectivity index (χ3v) is 6.67. The first-order chi connectivity index (χ1) is 10.0. The Bertz CT molecular complexity index is 783. The minimum Gasteiger partial charge on any atom is -0.504 e. The van der Waals surface area contributed by atoms with E-state index in [2.05, 4.69) is 4.98 Å². The molecule has 1 aliphatic carbocycles. The maximum absolute atomic E-state index is 12.9. The number of hydrogen-bond donors (Lipinski definition) is 1. The van der Waals surface area contributed by atoms with E-state index in [4.69, 9.17) is 11.6 Å². The molecule has 1 aromatic carbocycles. The van der Waals surface area contributed by atoms with Gasteiger partial charge in [-0.1, -0.05) is 30.9 Å². The molecule has 1 saturated carbocycles. The number of rotatable bonds is 2. The van der Waals surface area contributed by atoms with Crippen molar-refractivity contribution in [2.45, 2.75) is 42.2 Å². The number of halogens is 1. The van der Waals surface area contributed by atoms with Crippen LogP contribution in [-0.2, 0) is 9.84 Å². The van der Waals surface area contributed by atoms with E-state index in [1.54, 1.807) is 12.1 Å². The topological polar surface area (TPSA) is 67.3 Å². The molecule has 0 spiro atoms. The van der Waals surface area contributed by atoms with Crippen LogP contribution >= 0.6 is 11.6 Å². The fraction of sp³-hybridized carbons (Fsp3) is 0.400. The first kappa shape index (κ1) is 14.6. The van der Waals surface area contributed by atoms with Crippen LogP contribution in [0.1, 0.15) is 32.1 Å². The third kappa shape index (κ3) is 2.49. The fourth-order valence-electron chi connectivity index (χ4n) is 2.96. The molecule has 1 aliphatic rings. The predicted octanol–water partition coefficient (Wildman–Crippen LogP) is 3.70. The highest BCUT2D eigenvalue weighted by Gasteiger charge is 2.31. The van der Waals surface area contributed by atoms with Crippen molar-refractivity contribution in [1.29, 1.82) is 0 Å². The Balaban J connectivity index is 2.22. The van der Waals surface area contributed by atoms with Gasteiger partial charge in [-0.3, -0.25) is 4.98 Å². The second kappa shape index (κ2) is 5.46. The van der Waals surface area contributed by atoms with Gasteiger partial charge in [0.1, 0.15) is 5.52 Å². The lowest BCUT2D eigenvalue weighted by atomic mass is 10.0. The quantitative estimate of drug-likeness (QED) is 0.914. The molecule has 2 aromatic rings.